The quantitative estimate of drug-likeness (QED) is 0.763. The van der Waals surface area contributed by atoms with Gasteiger partial charge in [0.25, 0.3) is 0 Å². The maximum Gasteiger partial charge on any atom is 0.238 e. The first-order valence-electron chi connectivity index (χ1n) is 10.2. The highest BCUT2D eigenvalue weighted by Gasteiger charge is 2.19. The number of nitrogens with zero attached hydrogens (tertiary/aromatic N) is 2. The fourth-order valence-corrected chi connectivity index (χ4v) is 3.56. The largest absolute Gasteiger partial charge is 0.492 e. The van der Waals surface area contributed by atoms with E-state index >= 15 is 0 Å². The lowest BCUT2D eigenvalue weighted by Crippen LogP contribution is -2.49. The maximum atomic E-state index is 12.5. The summed E-state index contributed by atoms with van der Waals surface area (Å²) < 4.78 is 5.78. The number of benzene rings is 2. The number of nitrogens with one attached hydrogen (secondary N) is 1. The lowest BCUT2D eigenvalue weighted by Gasteiger charge is -2.34. The van der Waals surface area contributed by atoms with E-state index in [-0.39, 0.29) is 5.91 Å². The summed E-state index contributed by atoms with van der Waals surface area (Å²) in [5, 5.41) is 3.13. The van der Waals surface area contributed by atoms with E-state index < -0.39 is 0 Å². The minimum Gasteiger partial charge on any atom is -0.492 e. The van der Waals surface area contributed by atoms with Gasteiger partial charge in [-0.2, -0.15) is 0 Å². The van der Waals surface area contributed by atoms with Crippen LogP contribution in [0.3, 0.4) is 0 Å². The second kappa shape index (κ2) is 10.2. The Morgan fingerprint density at radius 2 is 1.71 bits per heavy atom. The van der Waals surface area contributed by atoms with Crippen molar-refractivity contribution in [1.82, 2.24) is 9.80 Å². The molecule has 150 valence electrons. The van der Waals surface area contributed by atoms with Crippen molar-refractivity contribution in [3.05, 3.63) is 59.7 Å². The Morgan fingerprint density at radius 3 is 2.43 bits per heavy atom. The first kappa shape index (κ1) is 20.4. The summed E-state index contributed by atoms with van der Waals surface area (Å²) in [5.74, 6) is 0.991. The number of aryl methyl sites for hydroxylation is 2. The molecule has 28 heavy (non-hydrogen) atoms. The summed E-state index contributed by atoms with van der Waals surface area (Å²) in [6.45, 7) is 9.98. The molecule has 0 bridgehead atoms. The molecule has 0 aromatic heterocycles. The fourth-order valence-electron chi connectivity index (χ4n) is 3.56. The number of piperazine rings is 1. The third-order valence-corrected chi connectivity index (χ3v) is 5.26. The van der Waals surface area contributed by atoms with Crippen LogP contribution in [0, 0.1) is 6.92 Å². The maximum absolute atomic E-state index is 12.5. The third kappa shape index (κ3) is 5.81. The van der Waals surface area contributed by atoms with Crippen LogP contribution in [-0.4, -0.2) is 61.6 Å². The number of para-hydroxylation sites is 2. The highest BCUT2D eigenvalue weighted by Crippen LogP contribution is 2.21. The minimum atomic E-state index is 0.0739. The van der Waals surface area contributed by atoms with Crippen molar-refractivity contribution in [2.24, 2.45) is 0 Å². The van der Waals surface area contributed by atoms with Crippen LogP contribution in [0.5, 0.6) is 5.75 Å². The third-order valence-electron chi connectivity index (χ3n) is 5.26. The number of carbonyl (C=O) groups is 1. The predicted octanol–water partition coefficient (Wildman–Crippen LogP) is 3.19. The van der Waals surface area contributed by atoms with Crippen LogP contribution in [-0.2, 0) is 11.2 Å². The van der Waals surface area contributed by atoms with Gasteiger partial charge in [0.2, 0.25) is 5.91 Å². The van der Waals surface area contributed by atoms with Gasteiger partial charge in [-0.15, -0.1) is 0 Å². The Bertz CT molecular complexity index is 756. The molecule has 1 heterocycles. The number of ether oxygens (including phenoxy) is 1. The molecule has 5 nitrogen and oxygen atoms in total. The summed E-state index contributed by atoms with van der Waals surface area (Å²) in [6, 6.07) is 16.1. The Kier molecular flexibility index (Phi) is 7.46. The number of hydrogen-bond donors (Lipinski definition) is 1. The average molecular weight is 382 g/mol. The van der Waals surface area contributed by atoms with Crippen molar-refractivity contribution in [2.45, 2.75) is 20.3 Å². The molecule has 2 aromatic rings. The van der Waals surface area contributed by atoms with E-state index in [1.807, 2.05) is 49.4 Å². The molecule has 1 aliphatic rings. The van der Waals surface area contributed by atoms with Crippen LogP contribution in [0.25, 0.3) is 0 Å². The molecule has 1 N–H and O–H groups in total. The molecule has 1 fully saturated rings. The Hall–Kier alpha value is -2.37. The summed E-state index contributed by atoms with van der Waals surface area (Å²) >= 11 is 0. The summed E-state index contributed by atoms with van der Waals surface area (Å²) in [4.78, 5) is 17.2. The van der Waals surface area contributed by atoms with Crippen molar-refractivity contribution in [1.29, 1.82) is 0 Å². The Balaban J connectivity index is 1.39. The van der Waals surface area contributed by atoms with Gasteiger partial charge in [0.05, 0.1) is 6.54 Å². The van der Waals surface area contributed by atoms with Gasteiger partial charge in [-0.3, -0.25) is 14.6 Å². The van der Waals surface area contributed by atoms with Crippen molar-refractivity contribution in [3.8, 4) is 5.75 Å². The van der Waals surface area contributed by atoms with Crippen LogP contribution in [0.4, 0.5) is 5.69 Å². The van der Waals surface area contributed by atoms with Crippen LogP contribution in [0.2, 0.25) is 0 Å². The van der Waals surface area contributed by atoms with Gasteiger partial charge in [-0.1, -0.05) is 43.3 Å². The summed E-state index contributed by atoms with van der Waals surface area (Å²) in [7, 11) is 0. The van der Waals surface area contributed by atoms with Gasteiger partial charge in [-0.25, -0.2) is 0 Å². The Morgan fingerprint density at radius 1 is 1.00 bits per heavy atom. The van der Waals surface area contributed by atoms with Gasteiger partial charge in [0.15, 0.2) is 0 Å². The van der Waals surface area contributed by atoms with Crippen LogP contribution < -0.4 is 10.1 Å². The average Bonchev–Trinajstić information content (AvgIpc) is 2.71. The molecule has 0 spiro atoms. The van der Waals surface area contributed by atoms with E-state index in [4.69, 9.17) is 4.74 Å². The van der Waals surface area contributed by atoms with Gasteiger partial charge < -0.3 is 10.1 Å². The van der Waals surface area contributed by atoms with E-state index in [9.17, 15) is 4.79 Å². The molecule has 0 saturated carbocycles. The highest BCUT2D eigenvalue weighted by atomic mass is 16.5. The molecule has 3 rings (SSSR count). The van der Waals surface area contributed by atoms with Gasteiger partial charge >= 0.3 is 0 Å². The van der Waals surface area contributed by atoms with Crippen LogP contribution in [0.1, 0.15) is 18.1 Å². The van der Waals surface area contributed by atoms with E-state index in [1.54, 1.807) is 0 Å². The van der Waals surface area contributed by atoms with Gasteiger partial charge in [-0.05, 0) is 36.6 Å². The van der Waals surface area contributed by atoms with Gasteiger partial charge in [0.1, 0.15) is 12.4 Å². The molecule has 0 unspecified atom stereocenters. The molecule has 1 aliphatic heterocycles. The zero-order valence-electron chi connectivity index (χ0n) is 17.0. The Labute approximate surface area is 168 Å². The molecule has 0 aliphatic carbocycles. The molecule has 0 radical (unpaired) electrons. The normalized spacial score (nSPS) is 15.4. The van der Waals surface area contributed by atoms with Crippen molar-refractivity contribution >= 4 is 11.6 Å². The van der Waals surface area contributed by atoms with E-state index in [0.29, 0.717) is 13.2 Å². The molecule has 0 atom stereocenters. The molecular weight excluding hydrogens is 350 g/mol. The summed E-state index contributed by atoms with van der Waals surface area (Å²) in [6.07, 6.45) is 0.918. The minimum absolute atomic E-state index is 0.0739. The number of amides is 1. The first-order valence-corrected chi connectivity index (χ1v) is 10.2. The van der Waals surface area contributed by atoms with Crippen LogP contribution in [0.15, 0.2) is 48.5 Å². The zero-order valence-corrected chi connectivity index (χ0v) is 17.0. The second-order valence-corrected chi connectivity index (χ2v) is 7.29. The molecular formula is C23H31N3O2. The molecule has 2 aromatic carbocycles. The van der Waals surface area contributed by atoms with Gasteiger partial charge in [0, 0.05) is 38.4 Å². The molecule has 5 heteroatoms. The van der Waals surface area contributed by atoms with E-state index in [1.165, 1.54) is 5.56 Å². The van der Waals surface area contributed by atoms with Crippen molar-refractivity contribution in [2.75, 3.05) is 51.2 Å². The van der Waals surface area contributed by atoms with Crippen molar-refractivity contribution < 1.29 is 9.53 Å². The van der Waals surface area contributed by atoms with Crippen molar-refractivity contribution in [3.63, 3.8) is 0 Å². The topological polar surface area (TPSA) is 44.8 Å². The standard InChI is InChI=1S/C23H31N3O2/c1-3-20-9-7-8-19(2)23(20)24-22(27)18-26-14-12-25(13-15-26)16-17-28-21-10-5-4-6-11-21/h4-11H,3,12-18H2,1-2H3,(H,24,27). The lowest BCUT2D eigenvalue weighted by molar-refractivity contribution is -0.117. The van der Waals surface area contributed by atoms with Crippen LogP contribution >= 0.6 is 0 Å². The fraction of sp³-hybridized carbons (Fsp3) is 0.435. The number of hydrogen-bond acceptors (Lipinski definition) is 4. The monoisotopic (exact) mass is 381 g/mol. The number of rotatable bonds is 8. The second-order valence-electron chi connectivity index (χ2n) is 7.29. The SMILES string of the molecule is CCc1cccc(C)c1NC(=O)CN1CCN(CCOc2ccccc2)CC1. The molecule has 1 saturated heterocycles. The smallest absolute Gasteiger partial charge is 0.238 e. The number of anilines is 1. The number of carbonyl (C=O) groups excluding carboxylic acids is 1. The van der Waals surface area contributed by atoms with E-state index in [2.05, 4.69) is 28.1 Å². The summed E-state index contributed by atoms with van der Waals surface area (Å²) in [5.41, 5.74) is 3.29. The first-order chi connectivity index (χ1) is 13.7. The lowest BCUT2D eigenvalue weighted by atomic mass is 10.1. The predicted molar refractivity (Wildman–Crippen MR) is 114 cm³/mol. The van der Waals surface area contributed by atoms with E-state index in [0.717, 1.165) is 56.1 Å². The molecule has 1 amide bonds. The zero-order chi connectivity index (χ0) is 19.8. The highest BCUT2D eigenvalue weighted by molar-refractivity contribution is 5.93.